The minimum Gasteiger partial charge on any atom is -0.371 e. The van der Waals surface area contributed by atoms with Crippen LogP contribution in [0, 0.1) is 0 Å². The summed E-state index contributed by atoms with van der Waals surface area (Å²) in [7, 11) is 1.91. The van der Waals surface area contributed by atoms with Crippen LogP contribution in [-0.2, 0) is 6.42 Å². The number of hydrogen-bond donors (Lipinski definition) is 2. The third-order valence-electron chi connectivity index (χ3n) is 8.22. The standard InChI is InChI=1S/C32H32ClN5O2/c1-37(25-13-16-38(17-14-25)26-10-8-24-20-34-15-12-22(24)18-26)31(39)23-7-6-21-9-11-29(27(21)19-23)35-32(40)36-30-5-3-2-4-28(30)33/h2-8,10,12,15,18-20,25,29H,9,11,13-14,16-17H2,1H3,(H2,35,36,40). The highest BCUT2D eigenvalue weighted by Crippen LogP contribution is 2.33. The molecule has 204 valence electrons. The molecule has 2 N–H and O–H groups in total. The van der Waals surface area contributed by atoms with Gasteiger partial charge in [0.05, 0.1) is 16.8 Å². The second kappa shape index (κ2) is 11.2. The van der Waals surface area contributed by atoms with Gasteiger partial charge in [0.15, 0.2) is 0 Å². The summed E-state index contributed by atoms with van der Waals surface area (Å²) in [6.07, 6.45) is 7.19. The Morgan fingerprint density at radius 3 is 2.62 bits per heavy atom. The summed E-state index contributed by atoms with van der Waals surface area (Å²) in [5, 5.41) is 8.70. The number of hydrogen-bond acceptors (Lipinski definition) is 4. The molecule has 7 nitrogen and oxygen atoms in total. The summed E-state index contributed by atoms with van der Waals surface area (Å²) in [5.41, 5.74) is 4.61. The number of amides is 3. The van der Waals surface area contributed by atoms with Crippen molar-refractivity contribution in [2.45, 2.75) is 37.8 Å². The Morgan fingerprint density at radius 2 is 1.80 bits per heavy atom. The molecule has 3 aromatic carbocycles. The molecule has 1 aliphatic heterocycles. The first-order chi connectivity index (χ1) is 19.5. The Morgan fingerprint density at radius 1 is 0.975 bits per heavy atom. The Kier molecular flexibility index (Phi) is 7.30. The number of piperidine rings is 1. The van der Waals surface area contributed by atoms with Gasteiger partial charge in [0.1, 0.15) is 0 Å². The predicted octanol–water partition coefficient (Wildman–Crippen LogP) is 6.44. The van der Waals surface area contributed by atoms with Crippen molar-refractivity contribution in [3.63, 3.8) is 0 Å². The number of halogens is 1. The molecular formula is C32H32ClN5O2. The average Bonchev–Trinajstić information content (AvgIpc) is 3.39. The smallest absolute Gasteiger partial charge is 0.319 e. The number of nitrogens with one attached hydrogen (secondary N) is 2. The van der Waals surface area contributed by atoms with Crippen LogP contribution in [0.3, 0.4) is 0 Å². The van der Waals surface area contributed by atoms with Crippen LogP contribution in [0.4, 0.5) is 16.2 Å². The summed E-state index contributed by atoms with van der Waals surface area (Å²) >= 11 is 6.19. The number of nitrogens with zero attached hydrogens (tertiary/aromatic N) is 3. The van der Waals surface area contributed by atoms with Gasteiger partial charge in [0.2, 0.25) is 0 Å². The maximum Gasteiger partial charge on any atom is 0.319 e. The molecule has 1 aliphatic carbocycles. The van der Waals surface area contributed by atoms with Gasteiger partial charge in [-0.3, -0.25) is 9.78 Å². The lowest BCUT2D eigenvalue weighted by Gasteiger charge is -2.38. The lowest BCUT2D eigenvalue weighted by molar-refractivity contribution is 0.0709. The number of anilines is 2. The van der Waals surface area contributed by atoms with Crippen LogP contribution in [0.15, 0.2) is 79.1 Å². The van der Waals surface area contributed by atoms with Gasteiger partial charge in [0.25, 0.3) is 5.91 Å². The number of urea groups is 1. The monoisotopic (exact) mass is 553 g/mol. The number of fused-ring (bicyclic) bond motifs is 2. The van der Waals surface area contributed by atoms with Gasteiger partial charge in [-0.05, 0) is 84.7 Å². The summed E-state index contributed by atoms with van der Waals surface area (Å²) in [5.74, 6) is 0.0191. The van der Waals surface area contributed by atoms with Crippen molar-refractivity contribution >= 4 is 45.7 Å². The van der Waals surface area contributed by atoms with Crippen molar-refractivity contribution in [1.82, 2.24) is 15.2 Å². The molecule has 1 atom stereocenters. The van der Waals surface area contributed by atoms with Crippen molar-refractivity contribution < 1.29 is 9.59 Å². The van der Waals surface area contributed by atoms with Gasteiger partial charge in [0, 0.05) is 55.2 Å². The van der Waals surface area contributed by atoms with E-state index in [1.165, 1.54) is 16.6 Å². The van der Waals surface area contributed by atoms with E-state index >= 15 is 0 Å². The first kappa shape index (κ1) is 26.1. The van der Waals surface area contributed by atoms with E-state index in [0.29, 0.717) is 16.3 Å². The molecule has 4 aromatic rings. The summed E-state index contributed by atoms with van der Waals surface area (Å²) in [6.45, 7) is 1.80. The summed E-state index contributed by atoms with van der Waals surface area (Å²) in [6, 6.07) is 21.3. The summed E-state index contributed by atoms with van der Waals surface area (Å²) in [4.78, 5) is 34.7. The van der Waals surface area contributed by atoms with Crippen molar-refractivity contribution in [3.8, 4) is 0 Å². The summed E-state index contributed by atoms with van der Waals surface area (Å²) < 4.78 is 0. The van der Waals surface area contributed by atoms with Gasteiger partial charge in [-0.25, -0.2) is 4.79 Å². The van der Waals surface area contributed by atoms with Crippen LogP contribution in [0.2, 0.25) is 5.02 Å². The van der Waals surface area contributed by atoms with E-state index in [-0.39, 0.29) is 24.0 Å². The number of pyridine rings is 1. The van der Waals surface area contributed by atoms with Crippen LogP contribution in [-0.4, -0.2) is 48.0 Å². The minimum atomic E-state index is -0.311. The van der Waals surface area contributed by atoms with E-state index < -0.39 is 0 Å². The first-order valence-corrected chi connectivity index (χ1v) is 14.1. The van der Waals surface area contributed by atoms with E-state index in [1.54, 1.807) is 12.1 Å². The maximum atomic E-state index is 13.5. The number of benzene rings is 3. The highest BCUT2D eigenvalue weighted by molar-refractivity contribution is 6.33. The van der Waals surface area contributed by atoms with Crippen LogP contribution < -0.4 is 15.5 Å². The number of aryl methyl sites for hydroxylation is 1. The van der Waals surface area contributed by atoms with Crippen molar-refractivity contribution in [1.29, 1.82) is 0 Å². The van der Waals surface area contributed by atoms with Crippen LogP contribution in [0.5, 0.6) is 0 Å². The zero-order chi connectivity index (χ0) is 27.6. The number of aromatic nitrogens is 1. The fourth-order valence-corrected chi connectivity index (χ4v) is 6.10. The normalized spacial score (nSPS) is 16.9. The van der Waals surface area contributed by atoms with E-state index in [1.807, 2.05) is 60.7 Å². The van der Waals surface area contributed by atoms with E-state index in [4.69, 9.17) is 11.6 Å². The number of rotatable bonds is 5. The van der Waals surface area contributed by atoms with Gasteiger partial charge in [-0.2, -0.15) is 0 Å². The lowest BCUT2D eigenvalue weighted by Crippen LogP contribution is -2.45. The highest BCUT2D eigenvalue weighted by Gasteiger charge is 2.29. The quantitative estimate of drug-likeness (QED) is 0.298. The molecule has 8 heteroatoms. The van der Waals surface area contributed by atoms with Crippen molar-refractivity contribution in [2.75, 3.05) is 30.4 Å². The number of carbonyl (C=O) groups is 2. The fraction of sp³-hybridized carbons (Fsp3) is 0.281. The van der Waals surface area contributed by atoms with Crippen molar-refractivity contribution in [3.05, 3.63) is 101 Å². The largest absolute Gasteiger partial charge is 0.371 e. The molecule has 1 fully saturated rings. The van der Waals surface area contributed by atoms with Gasteiger partial charge >= 0.3 is 6.03 Å². The Balaban J connectivity index is 1.09. The molecule has 1 unspecified atom stereocenters. The van der Waals surface area contributed by atoms with Gasteiger partial charge in [-0.15, -0.1) is 0 Å². The molecular weight excluding hydrogens is 522 g/mol. The molecule has 1 saturated heterocycles. The second-order valence-electron chi connectivity index (χ2n) is 10.6. The molecule has 2 heterocycles. The maximum absolute atomic E-state index is 13.5. The lowest BCUT2D eigenvalue weighted by atomic mass is 10.00. The third kappa shape index (κ3) is 5.34. The topological polar surface area (TPSA) is 77.6 Å². The molecule has 0 saturated carbocycles. The minimum absolute atomic E-state index is 0.0191. The molecule has 2 aliphatic rings. The number of carbonyl (C=O) groups excluding carboxylic acids is 2. The Bertz CT molecular complexity index is 1570. The Hall–Kier alpha value is -4.10. The van der Waals surface area contributed by atoms with Crippen LogP contribution >= 0.6 is 11.6 Å². The van der Waals surface area contributed by atoms with Gasteiger partial charge in [-0.1, -0.05) is 35.9 Å². The van der Waals surface area contributed by atoms with E-state index in [2.05, 4.69) is 38.7 Å². The third-order valence-corrected chi connectivity index (χ3v) is 8.55. The van der Waals surface area contributed by atoms with E-state index in [9.17, 15) is 9.59 Å². The molecule has 0 bridgehead atoms. The van der Waals surface area contributed by atoms with Gasteiger partial charge < -0.3 is 20.4 Å². The highest BCUT2D eigenvalue weighted by atomic mass is 35.5. The zero-order valence-corrected chi connectivity index (χ0v) is 23.2. The molecule has 1 aromatic heterocycles. The SMILES string of the molecule is CN(C(=O)c1ccc2c(c1)C(NC(=O)Nc1ccccc1Cl)CC2)C1CCN(c2ccc3cnccc3c2)CC1. The molecule has 40 heavy (non-hydrogen) atoms. The molecule has 0 radical (unpaired) electrons. The van der Waals surface area contributed by atoms with Crippen LogP contribution in [0.25, 0.3) is 10.8 Å². The number of para-hydroxylation sites is 1. The molecule has 6 rings (SSSR count). The fourth-order valence-electron chi connectivity index (χ4n) is 5.91. The second-order valence-corrected chi connectivity index (χ2v) is 11.0. The average molecular weight is 554 g/mol. The molecule has 0 spiro atoms. The predicted molar refractivity (Wildman–Crippen MR) is 160 cm³/mol. The molecule has 3 amide bonds. The van der Waals surface area contributed by atoms with E-state index in [0.717, 1.165) is 49.7 Å². The zero-order valence-electron chi connectivity index (χ0n) is 22.4. The Labute approximate surface area is 239 Å². The first-order valence-electron chi connectivity index (χ1n) is 13.8. The van der Waals surface area contributed by atoms with Crippen LogP contribution in [0.1, 0.15) is 46.8 Å². The van der Waals surface area contributed by atoms with Crippen molar-refractivity contribution in [2.24, 2.45) is 0 Å².